The van der Waals surface area contributed by atoms with Crippen LogP contribution < -0.4 is 10.4 Å². The van der Waals surface area contributed by atoms with Crippen molar-refractivity contribution in [3.05, 3.63) is 92.9 Å². The molecular weight excluding hydrogens is 491 g/mol. The first-order valence-corrected chi connectivity index (χ1v) is 12.5. The minimum atomic E-state index is -4.70. The Kier molecular flexibility index (Phi) is 6.02. The highest BCUT2D eigenvalue weighted by atomic mass is 32.2. The van der Waals surface area contributed by atoms with E-state index < -0.39 is 47.7 Å². The highest BCUT2D eigenvalue weighted by molar-refractivity contribution is 7.98. The summed E-state index contributed by atoms with van der Waals surface area (Å²) in [5.41, 5.74) is 2.56. The molecule has 0 saturated heterocycles. The number of hydrogen-bond donors (Lipinski definition) is 1. The summed E-state index contributed by atoms with van der Waals surface area (Å²) < 4.78 is 42.8. The zero-order chi connectivity index (χ0) is 25.8. The Balaban J connectivity index is 1.79. The van der Waals surface area contributed by atoms with E-state index >= 15 is 0 Å². The van der Waals surface area contributed by atoms with Crippen LogP contribution in [0.15, 0.2) is 64.4 Å². The van der Waals surface area contributed by atoms with E-state index in [0.29, 0.717) is 10.7 Å². The molecule has 1 aromatic heterocycles. The smallest absolute Gasteiger partial charge is 0.408 e. The van der Waals surface area contributed by atoms with E-state index in [2.05, 4.69) is 6.07 Å². The molecule has 5 rings (SSSR count). The summed E-state index contributed by atoms with van der Waals surface area (Å²) in [5, 5.41) is 12.2. The molecule has 0 radical (unpaired) electrons. The van der Waals surface area contributed by atoms with E-state index in [1.807, 2.05) is 43.3 Å². The number of thioether (sulfide) groups is 1. The van der Waals surface area contributed by atoms with Gasteiger partial charge in [0.25, 0.3) is 5.91 Å². The molecule has 6 nitrogen and oxygen atoms in total. The zero-order valence-electron chi connectivity index (χ0n) is 19.6. The third-order valence-corrected chi connectivity index (χ3v) is 7.98. The van der Waals surface area contributed by atoms with E-state index in [0.717, 1.165) is 46.6 Å². The number of fused-ring (bicyclic) bond motifs is 3. The second kappa shape index (κ2) is 8.92. The molecular formula is C26H24F3N3O3S. The fraction of sp³-hybridized carbons (Fsp3) is 0.308. The van der Waals surface area contributed by atoms with E-state index in [9.17, 15) is 27.9 Å². The second-order valence-corrected chi connectivity index (χ2v) is 9.93. The predicted octanol–water partition coefficient (Wildman–Crippen LogP) is 4.81. The Bertz CT molecular complexity index is 1410. The van der Waals surface area contributed by atoms with Crippen LogP contribution in [0.3, 0.4) is 0 Å². The Morgan fingerprint density at radius 3 is 2.58 bits per heavy atom. The lowest BCUT2D eigenvalue weighted by molar-refractivity contribution is -0.173. The van der Waals surface area contributed by atoms with E-state index in [1.165, 1.54) is 10.9 Å². The fourth-order valence-corrected chi connectivity index (χ4v) is 5.86. The molecule has 1 N–H and O–H groups in total. The van der Waals surface area contributed by atoms with Gasteiger partial charge in [0.05, 0.1) is 6.04 Å². The number of amides is 1. The maximum atomic E-state index is 13.8. The number of nitrogens with zero attached hydrogens (tertiary/aromatic N) is 3. The molecule has 0 spiro atoms. The largest absolute Gasteiger partial charge is 0.502 e. The van der Waals surface area contributed by atoms with Crippen LogP contribution in [0.25, 0.3) is 0 Å². The van der Waals surface area contributed by atoms with Crippen LogP contribution in [0.4, 0.5) is 13.2 Å². The van der Waals surface area contributed by atoms with Crippen molar-refractivity contribution in [3.63, 3.8) is 0 Å². The molecule has 0 aliphatic carbocycles. The van der Waals surface area contributed by atoms with Crippen molar-refractivity contribution < 1.29 is 23.1 Å². The summed E-state index contributed by atoms with van der Waals surface area (Å²) in [4.78, 5) is 27.1. The van der Waals surface area contributed by atoms with Crippen LogP contribution in [-0.4, -0.2) is 39.5 Å². The lowest BCUT2D eigenvalue weighted by atomic mass is 9.92. The minimum absolute atomic E-state index is 0.395. The Morgan fingerprint density at radius 2 is 1.86 bits per heavy atom. The van der Waals surface area contributed by atoms with Gasteiger partial charge in [-0.1, -0.05) is 43.3 Å². The van der Waals surface area contributed by atoms with Gasteiger partial charge in [-0.15, -0.1) is 11.8 Å². The zero-order valence-corrected chi connectivity index (χ0v) is 20.4. The quantitative estimate of drug-likeness (QED) is 0.542. The van der Waals surface area contributed by atoms with Gasteiger partial charge in [0.2, 0.25) is 5.43 Å². The van der Waals surface area contributed by atoms with Gasteiger partial charge in [0.15, 0.2) is 11.4 Å². The lowest BCUT2D eigenvalue weighted by Crippen LogP contribution is -2.60. The first-order chi connectivity index (χ1) is 17.1. The number of carbonyl (C=O) groups is 1. The lowest BCUT2D eigenvalue weighted by Gasteiger charge is -2.46. The van der Waals surface area contributed by atoms with Crippen LogP contribution in [-0.2, 0) is 12.2 Å². The number of aryl methyl sites for hydroxylation is 1. The summed E-state index contributed by atoms with van der Waals surface area (Å²) in [6.07, 6.45) is -2.58. The third kappa shape index (κ3) is 3.93. The van der Waals surface area contributed by atoms with Gasteiger partial charge in [-0.2, -0.15) is 13.2 Å². The SMILES string of the molecule is CCc1ccc2c(c1)[C@H](N1CN([C@H](C)C(F)(F)F)C(=O)c3c(O)c(=O)ccn31)c1ccccc1SC2. The minimum Gasteiger partial charge on any atom is -0.502 e. The molecule has 188 valence electrons. The topological polar surface area (TPSA) is 65.8 Å². The van der Waals surface area contributed by atoms with Crippen molar-refractivity contribution in [2.75, 3.05) is 11.7 Å². The maximum Gasteiger partial charge on any atom is 0.408 e. The predicted molar refractivity (Wildman–Crippen MR) is 131 cm³/mol. The number of aromatic hydroxyl groups is 1. The number of benzene rings is 2. The summed E-state index contributed by atoms with van der Waals surface area (Å²) in [5.74, 6) is -1.25. The molecule has 2 aliphatic heterocycles. The van der Waals surface area contributed by atoms with Crippen LogP contribution >= 0.6 is 11.8 Å². The van der Waals surface area contributed by atoms with Crippen molar-refractivity contribution in [2.24, 2.45) is 0 Å². The average Bonchev–Trinajstić information content (AvgIpc) is 3.02. The number of alkyl halides is 3. The molecule has 10 heteroatoms. The second-order valence-electron chi connectivity index (χ2n) is 8.91. The summed E-state index contributed by atoms with van der Waals surface area (Å²) in [6.45, 7) is 2.54. The van der Waals surface area contributed by atoms with E-state index in [1.54, 1.807) is 16.8 Å². The molecule has 2 aliphatic rings. The van der Waals surface area contributed by atoms with E-state index in [4.69, 9.17) is 0 Å². The van der Waals surface area contributed by atoms with Gasteiger partial charge in [0, 0.05) is 22.9 Å². The molecule has 3 heterocycles. The standard InChI is InChI=1S/C26H24F3N3O3S/c1-3-16-8-9-17-13-36-21-7-5-4-6-18(21)22(19(17)12-16)32-14-30(15(2)26(27,28)29)25(35)23-24(34)20(33)10-11-31(23)32/h4-12,15,22,34H,3,13-14H2,1-2H3/t15-,22-/m1/s1. The molecule has 36 heavy (non-hydrogen) atoms. The highest BCUT2D eigenvalue weighted by Crippen LogP contribution is 2.43. The first kappa shape index (κ1) is 24.3. The molecule has 1 amide bonds. The molecule has 2 aromatic carbocycles. The number of aromatic nitrogens is 1. The monoisotopic (exact) mass is 515 g/mol. The van der Waals surface area contributed by atoms with Crippen molar-refractivity contribution in [3.8, 4) is 5.75 Å². The van der Waals surface area contributed by atoms with Gasteiger partial charge in [-0.3, -0.25) is 19.3 Å². The van der Waals surface area contributed by atoms with E-state index in [-0.39, 0.29) is 0 Å². The summed E-state index contributed by atoms with van der Waals surface area (Å²) >= 11 is 1.64. The summed E-state index contributed by atoms with van der Waals surface area (Å²) in [6, 6.07) is 12.2. The number of hydrogen-bond acceptors (Lipinski definition) is 5. The maximum absolute atomic E-state index is 13.8. The van der Waals surface area contributed by atoms with Crippen molar-refractivity contribution in [2.45, 2.75) is 49.2 Å². The van der Waals surface area contributed by atoms with Crippen molar-refractivity contribution in [1.82, 2.24) is 9.58 Å². The molecule has 0 saturated carbocycles. The molecule has 2 atom stereocenters. The van der Waals surface area contributed by atoms with Crippen LogP contribution in [0, 0.1) is 0 Å². The van der Waals surface area contributed by atoms with Crippen LogP contribution in [0.5, 0.6) is 5.75 Å². The van der Waals surface area contributed by atoms with Crippen molar-refractivity contribution >= 4 is 17.7 Å². The van der Waals surface area contributed by atoms with Gasteiger partial charge < -0.3 is 10.0 Å². The number of halogens is 3. The van der Waals surface area contributed by atoms with Gasteiger partial charge in [0.1, 0.15) is 12.7 Å². The summed E-state index contributed by atoms with van der Waals surface area (Å²) in [7, 11) is 0. The fourth-order valence-electron chi connectivity index (χ4n) is 4.77. The van der Waals surface area contributed by atoms with Gasteiger partial charge >= 0.3 is 6.18 Å². The third-order valence-electron chi connectivity index (χ3n) is 6.84. The van der Waals surface area contributed by atoms with Crippen LogP contribution in [0.2, 0.25) is 0 Å². The molecule has 3 aromatic rings. The average molecular weight is 516 g/mol. The Morgan fingerprint density at radius 1 is 1.11 bits per heavy atom. The molecule has 0 bridgehead atoms. The first-order valence-electron chi connectivity index (χ1n) is 11.5. The van der Waals surface area contributed by atoms with Gasteiger partial charge in [-0.05, 0) is 41.7 Å². The Labute approximate surface area is 209 Å². The van der Waals surface area contributed by atoms with Crippen LogP contribution in [0.1, 0.15) is 52.6 Å². The number of pyridine rings is 1. The molecule has 0 fully saturated rings. The van der Waals surface area contributed by atoms with Gasteiger partial charge in [-0.25, -0.2) is 0 Å². The molecule has 0 unspecified atom stereocenters. The van der Waals surface area contributed by atoms with Crippen molar-refractivity contribution in [1.29, 1.82) is 0 Å². The normalized spacial score (nSPS) is 18.2. The number of rotatable bonds is 3. The highest BCUT2D eigenvalue weighted by Gasteiger charge is 2.47. The Hall–Kier alpha value is -3.40. The number of carbonyl (C=O) groups excluding carboxylic acids is 1.